The Morgan fingerprint density at radius 2 is 1.86 bits per heavy atom. The molecule has 0 bridgehead atoms. The van der Waals surface area contributed by atoms with Crippen LogP contribution in [0.5, 0.6) is 5.75 Å². The van der Waals surface area contributed by atoms with Gasteiger partial charge in [-0.2, -0.15) is 8.78 Å². The van der Waals surface area contributed by atoms with E-state index in [4.69, 9.17) is 16.3 Å². The second kappa shape index (κ2) is 10.9. The van der Waals surface area contributed by atoms with Crippen LogP contribution < -0.4 is 10.1 Å². The summed E-state index contributed by atoms with van der Waals surface area (Å²) in [6, 6.07) is 17.3. The number of aliphatic hydroxyl groups excluding tert-OH is 1. The molecule has 8 heteroatoms. The first kappa shape index (κ1) is 25.9. The van der Waals surface area contributed by atoms with Gasteiger partial charge in [-0.3, -0.25) is 4.79 Å². The minimum Gasteiger partial charge on any atom is -0.489 e. The van der Waals surface area contributed by atoms with Crippen molar-refractivity contribution in [2.24, 2.45) is 0 Å². The third-order valence-corrected chi connectivity index (χ3v) is 7.39. The van der Waals surface area contributed by atoms with Gasteiger partial charge in [0.15, 0.2) is 0 Å². The van der Waals surface area contributed by atoms with Crippen LogP contribution in [0.15, 0.2) is 60.7 Å². The molecule has 0 spiro atoms. The van der Waals surface area contributed by atoms with E-state index >= 15 is 0 Å². The molecular weight excluding hydrogens is 498 g/mol. The first-order valence-corrected chi connectivity index (χ1v) is 13.2. The third-order valence-electron chi connectivity index (χ3n) is 7.09. The molecule has 37 heavy (non-hydrogen) atoms. The highest BCUT2D eigenvalue weighted by Crippen LogP contribution is 2.34. The topological polar surface area (TPSA) is 61.8 Å². The van der Waals surface area contributed by atoms with Crippen molar-refractivity contribution in [3.8, 4) is 5.75 Å². The molecule has 2 aliphatic rings. The van der Waals surface area contributed by atoms with Crippen LogP contribution >= 0.6 is 11.6 Å². The number of benzene rings is 3. The predicted molar refractivity (Wildman–Crippen MR) is 140 cm³/mol. The van der Waals surface area contributed by atoms with Gasteiger partial charge >= 0.3 is 5.92 Å². The largest absolute Gasteiger partial charge is 0.489 e. The maximum Gasteiger partial charge on any atom is 0.324 e. The fourth-order valence-corrected chi connectivity index (χ4v) is 4.78. The third kappa shape index (κ3) is 6.40. The Bertz CT molecular complexity index is 1260. The molecule has 2 fully saturated rings. The van der Waals surface area contributed by atoms with Crippen LogP contribution in [-0.4, -0.2) is 53.6 Å². The molecule has 0 aromatic heterocycles. The maximum atomic E-state index is 15.0. The summed E-state index contributed by atoms with van der Waals surface area (Å²) >= 11 is 6.35. The first-order chi connectivity index (χ1) is 17.8. The number of aryl methyl sites for hydroxylation is 1. The van der Waals surface area contributed by atoms with Crippen molar-refractivity contribution in [1.82, 2.24) is 10.2 Å². The minimum atomic E-state index is -3.59. The molecule has 2 N–H and O–H groups in total. The van der Waals surface area contributed by atoms with Crippen molar-refractivity contribution in [1.29, 1.82) is 0 Å². The molecule has 5 nitrogen and oxygen atoms in total. The lowest BCUT2D eigenvalue weighted by Gasteiger charge is -2.36. The van der Waals surface area contributed by atoms with Crippen LogP contribution in [0.3, 0.4) is 0 Å². The molecule has 196 valence electrons. The average molecular weight is 529 g/mol. The number of hydrogen-bond acceptors (Lipinski definition) is 4. The van der Waals surface area contributed by atoms with Gasteiger partial charge in [0.05, 0.1) is 17.2 Å². The zero-order valence-electron chi connectivity index (χ0n) is 20.5. The van der Waals surface area contributed by atoms with Crippen molar-refractivity contribution >= 4 is 28.3 Å². The number of carbonyl (C=O) groups is 1. The summed E-state index contributed by atoms with van der Waals surface area (Å²) in [5.41, 5.74) is 1.19. The second-order valence-corrected chi connectivity index (χ2v) is 10.5. The zero-order valence-corrected chi connectivity index (χ0v) is 21.3. The number of aliphatic hydroxyl groups is 1. The lowest BCUT2D eigenvalue weighted by atomic mass is 9.99. The van der Waals surface area contributed by atoms with E-state index in [2.05, 4.69) is 5.32 Å². The van der Waals surface area contributed by atoms with Gasteiger partial charge in [-0.05, 0) is 72.8 Å². The van der Waals surface area contributed by atoms with Crippen LogP contribution in [0.1, 0.15) is 42.9 Å². The molecular formula is C29H31ClF2N2O3. The van der Waals surface area contributed by atoms with Gasteiger partial charge in [0.25, 0.3) is 5.91 Å². The summed E-state index contributed by atoms with van der Waals surface area (Å²) in [6.45, 7) is 1.87. The summed E-state index contributed by atoms with van der Waals surface area (Å²) in [7, 11) is 0. The lowest BCUT2D eigenvalue weighted by Crippen LogP contribution is -2.54. The molecule has 1 amide bonds. The van der Waals surface area contributed by atoms with Gasteiger partial charge < -0.3 is 20.1 Å². The Morgan fingerprint density at radius 1 is 1.11 bits per heavy atom. The summed E-state index contributed by atoms with van der Waals surface area (Å²) in [4.78, 5) is 14.8. The quantitative estimate of drug-likeness (QED) is 0.344. The van der Waals surface area contributed by atoms with Gasteiger partial charge in [0.2, 0.25) is 0 Å². The van der Waals surface area contributed by atoms with E-state index < -0.39 is 30.4 Å². The van der Waals surface area contributed by atoms with Crippen molar-refractivity contribution in [2.45, 2.75) is 56.3 Å². The summed E-state index contributed by atoms with van der Waals surface area (Å²) in [6.07, 6.45) is 1.37. The van der Waals surface area contributed by atoms with Crippen LogP contribution in [0.25, 0.3) is 10.8 Å². The monoisotopic (exact) mass is 528 g/mol. The normalized spacial score (nSPS) is 17.7. The highest BCUT2D eigenvalue weighted by molar-refractivity contribution is 6.32. The highest BCUT2D eigenvalue weighted by Gasteiger charge is 2.41. The molecule has 1 aliphatic carbocycles. The van der Waals surface area contributed by atoms with Crippen LogP contribution in [0, 0.1) is 0 Å². The second-order valence-electron chi connectivity index (χ2n) is 10.1. The molecule has 0 radical (unpaired) electrons. The Hall–Kier alpha value is -2.74. The summed E-state index contributed by atoms with van der Waals surface area (Å²) in [5, 5.41) is 15.9. The molecule has 1 saturated heterocycles. The molecule has 5 rings (SSSR count). The zero-order chi connectivity index (χ0) is 26.0. The fourth-order valence-electron chi connectivity index (χ4n) is 4.54. The van der Waals surface area contributed by atoms with E-state index in [0.717, 1.165) is 48.7 Å². The minimum absolute atomic E-state index is 0.0582. The van der Waals surface area contributed by atoms with Gasteiger partial charge in [-0.1, -0.05) is 60.1 Å². The number of hydrogen-bond donors (Lipinski definition) is 2. The van der Waals surface area contributed by atoms with Crippen molar-refractivity contribution in [3.05, 3.63) is 76.8 Å². The number of nitrogens with zero attached hydrogens (tertiary/aromatic N) is 1. The maximum absolute atomic E-state index is 15.0. The number of ether oxygens (including phenoxy) is 1. The lowest BCUT2D eigenvalue weighted by molar-refractivity contribution is -0.148. The Kier molecular flexibility index (Phi) is 7.65. The van der Waals surface area contributed by atoms with E-state index in [1.54, 1.807) is 18.2 Å². The van der Waals surface area contributed by atoms with Crippen LogP contribution in [0.4, 0.5) is 8.78 Å². The average Bonchev–Trinajstić information content (AvgIpc) is 3.69. The Balaban J connectivity index is 1.25. The van der Waals surface area contributed by atoms with Crippen molar-refractivity contribution < 1.29 is 23.4 Å². The number of amides is 1. The number of alkyl halides is 2. The van der Waals surface area contributed by atoms with Gasteiger partial charge in [0.1, 0.15) is 11.9 Å². The fraction of sp³-hybridized carbons (Fsp3) is 0.414. The van der Waals surface area contributed by atoms with E-state index in [-0.39, 0.29) is 19.1 Å². The van der Waals surface area contributed by atoms with Gasteiger partial charge in [-0.15, -0.1) is 0 Å². The van der Waals surface area contributed by atoms with Crippen molar-refractivity contribution in [3.63, 3.8) is 0 Å². The molecule has 2 atom stereocenters. The number of nitrogens with one attached hydrogen (secondary N) is 1. The van der Waals surface area contributed by atoms with Crippen LogP contribution in [-0.2, 0) is 11.2 Å². The number of fused-ring (bicyclic) bond motifs is 1. The standard InChI is InChI=1S/C29H31ClF2N2O3/c30-24-17-22(8-11-26(24)37-23-9-10-23)27(35)25(18-34-14-3-15-34)33-28(36)29(31,32)13-12-19-6-7-20-4-1-2-5-21(20)16-19/h1-2,4-8,11,16-17,23,25,27,35H,3,9-10,12-15,18H2,(H,33,36). The smallest absolute Gasteiger partial charge is 0.324 e. The number of carbonyl (C=O) groups excluding carboxylic acids is 1. The Morgan fingerprint density at radius 3 is 2.54 bits per heavy atom. The van der Waals surface area contributed by atoms with Gasteiger partial charge in [0, 0.05) is 13.0 Å². The number of halogens is 3. The molecule has 1 heterocycles. The van der Waals surface area contributed by atoms with E-state index in [1.165, 1.54) is 0 Å². The molecule has 3 aromatic rings. The summed E-state index contributed by atoms with van der Waals surface area (Å²) < 4.78 is 35.7. The Labute approximate surface area is 220 Å². The predicted octanol–water partition coefficient (Wildman–Crippen LogP) is 5.53. The SMILES string of the molecule is O=C(NC(CN1CCC1)C(O)c1ccc(OC2CC2)c(Cl)c1)C(F)(F)CCc1ccc2ccccc2c1. The first-order valence-electron chi connectivity index (χ1n) is 12.8. The number of likely N-dealkylation sites (tertiary alicyclic amines) is 1. The molecule has 2 unspecified atom stereocenters. The molecule has 1 aliphatic heterocycles. The van der Waals surface area contributed by atoms with Crippen molar-refractivity contribution in [2.75, 3.05) is 19.6 Å². The van der Waals surface area contributed by atoms with E-state index in [1.807, 2.05) is 47.4 Å². The molecule has 1 saturated carbocycles. The van der Waals surface area contributed by atoms with Gasteiger partial charge in [-0.25, -0.2) is 0 Å². The molecule has 3 aromatic carbocycles. The summed E-state index contributed by atoms with van der Waals surface area (Å²) in [5.74, 6) is -4.43. The van der Waals surface area contributed by atoms with E-state index in [9.17, 15) is 18.7 Å². The van der Waals surface area contributed by atoms with E-state index in [0.29, 0.717) is 16.3 Å². The van der Waals surface area contributed by atoms with Crippen LogP contribution in [0.2, 0.25) is 5.02 Å². The number of rotatable bonds is 11. The highest BCUT2D eigenvalue weighted by atomic mass is 35.5.